The average molecular weight is 276 g/mol. The number of aryl methyl sites for hydroxylation is 1. The molecule has 1 heterocycles. The van der Waals surface area contributed by atoms with E-state index in [0.29, 0.717) is 11.3 Å². The first kappa shape index (κ1) is 12.2. The van der Waals surface area contributed by atoms with Crippen molar-refractivity contribution < 1.29 is 17.9 Å². The van der Waals surface area contributed by atoms with Gasteiger partial charge in [0.15, 0.2) is 11.9 Å². The van der Waals surface area contributed by atoms with Crippen LogP contribution >= 0.6 is 10.7 Å². The van der Waals surface area contributed by atoms with Crippen molar-refractivity contribution in [3.05, 3.63) is 17.7 Å². The second kappa shape index (κ2) is 3.89. The molecule has 1 N–H and O–H groups in total. The van der Waals surface area contributed by atoms with E-state index in [4.69, 9.17) is 15.4 Å². The van der Waals surface area contributed by atoms with Crippen LogP contribution in [0.5, 0.6) is 5.75 Å². The van der Waals surface area contributed by atoms with Gasteiger partial charge in [0, 0.05) is 10.7 Å². The molecule has 17 heavy (non-hydrogen) atoms. The average Bonchev–Trinajstić information content (AvgIpc) is 2.18. The maximum atomic E-state index is 11.4. The molecule has 0 fully saturated rings. The lowest BCUT2D eigenvalue weighted by molar-refractivity contribution is -0.122. The first-order chi connectivity index (χ1) is 7.79. The van der Waals surface area contributed by atoms with Gasteiger partial charge in [-0.2, -0.15) is 0 Å². The molecule has 7 heteroatoms. The molecule has 0 aliphatic carbocycles. The number of benzene rings is 1. The summed E-state index contributed by atoms with van der Waals surface area (Å²) in [6, 6.07) is 3.04. The van der Waals surface area contributed by atoms with Gasteiger partial charge in [-0.05, 0) is 31.5 Å². The van der Waals surface area contributed by atoms with Crippen LogP contribution in [0.4, 0.5) is 5.69 Å². The third kappa shape index (κ3) is 2.23. The summed E-state index contributed by atoms with van der Waals surface area (Å²) in [5.74, 6) is -0.223. The Bertz CT molecular complexity index is 597. The van der Waals surface area contributed by atoms with Crippen molar-refractivity contribution in [1.82, 2.24) is 0 Å². The predicted molar refractivity (Wildman–Crippen MR) is 62.9 cm³/mol. The minimum atomic E-state index is -3.91. The van der Waals surface area contributed by atoms with Gasteiger partial charge in [-0.1, -0.05) is 0 Å². The molecule has 0 bridgehead atoms. The lowest BCUT2D eigenvalue weighted by Gasteiger charge is -2.25. The lowest BCUT2D eigenvalue weighted by atomic mass is 10.1. The van der Waals surface area contributed by atoms with Gasteiger partial charge < -0.3 is 10.1 Å². The summed E-state index contributed by atoms with van der Waals surface area (Å²) in [5.41, 5.74) is 0.994. The van der Waals surface area contributed by atoms with Crippen LogP contribution in [0.15, 0.2) is 17.0 Å². The summed E-state index contributed by atoms with van der Waals surface area (Å²) in [6.45, 7) is 3.23. The first-order valence-corrected chi connectivity index (χ1v) is 7.17. The summed E-state index contributed by atoms with van der Waals surface area (Å²) in [7, 11) is 1.42. The summed E-state index contributed by atoms with van der Waals surface area (Å²) in [4.78, 5) is 11.3. The molecule has 1 aromatic carbocycles. The Hall–Kier alpha value is -1.27. The zero-order chi connectivity index (χ0) is 12.8. The minimum absolute atomic E-state index is 0.0951. The molecule has 0 radical (unpaired) electrons. The van der Waals surface area contributed by atoms with E-state index < -0.39 is 15.2 Å². The number of anilines is 1. The molecule has 0 saturated heterocycles. The highest BCUT2D eigenvalue weighted by molar-refractivity contribution is 8.13. The van der Waals surface area contributed by atoms with Gasteiger partial charge in [0.2, 0.25) is 0 Å². The van der Waals surface area contributed by atoms with Gasteiger partial charge in [0.05, 0.1) is 5.69 Å². The number of carbonyl (C=O) groups excluding carboxylic acids is 1. The van der Waals surface area contributed by atoms with E-state index in [1.165, 1.54) is 13.0 Å². The molecule has 1 atom stereocenters. The fraction of sp³-hybridized carbons (Fsp3) is 0.300. The van der Waals surface area contributed by atoms with Gasteiger partial charge in [-0.25, -0.2) is 8.42 Å². The van der Waals surface area contributed by atoms with Gasteiger partial charge in [0.25, 0.3) is 15.0 Å². The van der Waals surface area contributed by atoms with Crippen LogP contribution in [0, 0.1) is 6.92 Å². The van der Waals surface area contributed by atoms with E-state index in [1.807, 2.05) is 0 Å². The third-order valence-electron chi connectivity index (χ3n) is 2.38. The predicted octanol–water partition coefficient (Wildman–Crippen LogP) is 1.64. The summed E-state index contributed by atoms with van der Waals surface area (Å²) < 4.78 is 28.1. The second-order valence-corrected chi connectivity index (χ2v) is 6.36. The second-order valence-electron chi connectivity index (χ2n) is 3.83. The molecule has 0 aromatic heterocycles. The zero-order valence-electron chi connectivity index (χ0n) is 9.15. The molecule has 5 nitrogen and oxygen atoms in total. The van der Waals surface area contributed by atoms with E-state index in [1.54, 1.807) is 13.0 Å². The van der Waals surface area contributed by atoms with E-state index >= 15 is 0 Å². The molecular weight excluding hydrogens is 266 g/mol. The molecule has 1 aromatic rings. The van der Waals surface area contributed by atoms with Crippen LogP contribution in [0.25, 0.3) is 0 Å². The van der Waals surface area contributed by atoms with E-state index in [-0.39, 0.29) is 16.6 Å². The Balaban J connectivity index is 2.68. The number of rotatable bonds is 1. The number of carbonyl (C=O) groups is 1. The van der Waals surface area contributed by atoms with E-state index in [0.717, 1.165) is 0 Å². The Morgan fingerprint density at radius 3 is 2.65 bits per heavy atom. The quantitative estimate of drug-likeness (QED) is 0.791. The van der Waals surface area contributed by atoms with E-state index in [2.05, 4.69) is 5.32 Å². The number of ether oxygens (including phenoxy) is 1. The van der Waals surface area contributed by atoms with Crippen molar-refractivity contribution in [2.75, 3.05) is 5.32 Å². The monoisotopic (exact) mass is 275 g/mol. The minimum Gasteiger partial charge on any atom is -0.477 e. The van der Waals surface area contributed by atoms with Crippen LogP contribution in [0.2, 0.25) is 0 Å². The molecule has 1 amide bonds. The van der Waals surface area contributed by atoms with Crippen LogP contribution in [0.1, 0.15) is 12.5 Å². The Kier molecular flexibility index (Phi) is 2.79. The number of hydrogen-bond acceptors (Lipinski definition) is 4. The van der Waals surface area contributed by atoms with Gasteiger partial charge in [0.1, 0.15) is 4.90 Å². The largest absolute Gasteiger partial charge is 0.477 e. The SMILES string of the molecule is Cc1cc2c(c(S(=O)(=O)Cl)c1)OC(C)C(=O)N2. The molecule has 1 aliphatic heterocycles. The molecule has 0 saturated carbocycles. The fourth-order valence-electron chi connectivity index (χ4n) is 1.60. The van der Waals surface area contributed by atoms with Crippen molar-refractivity contribution in [2.24, 2.45) is 0 Å². The number of fused-ring (bicyclic) bond motifs is 1. The maximum absolute atomic E-state index is 11.4. The fourth-order valence-corrected chi connectivity index (χ4v) is 2.65. The highest BCUT2D eigenvalue weighted by Crippen LogP contribution is 2.38. The summed E-state index contributed by atoms with van der Waals surface area (Å²) in [6.07, 6.45) is -0.748. The molecule has 0 spiro atoms. The zero-order valence-corrected chi connectivity index (χ0v) is 10.7. The van der Waals surface area contributed by atoms with Crippen molar-refractivity contribution in [1.29, 1.82) is 0 Å². The van der Waals surface area contributed by atoms with Crippen molar-refractivity contribution in [3.8, 4) is 5.75 Å². The highest BCUT2D eigenvalue weighted by atomic mass is 35.7. The standard InChI is InChI=1S/C10H10ClNO4S/c1-5-3-7-9(8(4-5)17(11,14)15)16-6(2)10(13)12-7/h3-4,6H,1-2H3,(H,12,13). The smallest absolute Gasteiger partial charge is 0.265 e. The van der Waals surface area contributed by atoms with Crippen LogP contribution in [-0.4, -0.2) is 20.4 Å². The van der Waals surface area contributed by atoms with Crippen molar-refractivity contribution >= 4 is 31.3 Å². The lowest BCUT2D eigenvalue weighted by Crippen LogP contribution is -2.35. The summed E-state index contributed by atoms with van der Waals surface area (Å²) >= 11 is 0. The maximum Gasteiger partial charge on any atom is 0.265 e. The molecule has 92 valence electrons. The van der Waals surface area contributed by atoms with Gasteiger partial charge in [-0.15, -0.1) is 0 Å². The molecule has 2 rings (SSSR count). The normalized spacial score (nSPS) is 19.2. The first-order valence-electron chi connectivity index (χ1n) is 4.86. The molecule has 1 aliphatic rings. The highest BCUT2D eigenvalue weighted by Gasteiger charge is 2.29. The number of amides is 1. The molecule has 1 unspecified atom stereocenters. The summed E-state index contributed by atoms with van der Waals surface area (Å²) in [5, 5.41) is 2.58. The Labute approximate surface area is 103 Å². The van der Waals surface area contributed by atoms with Gasteiger partial charge >= 0.3 is 0 Å². The molecular formula is C10H10ClNO4S. The third-order valence-corrected chi connectivity index (χ3v) is 3.71. The van der Waals surface area contributed by atoms with Crippen LogP contribution < -0.4 is 10.1 Å². The van der Waals surface area contributed by atoms with Gasteiger partial charge in [-0.3, -0.25) is 4.79 Å². The Morgan fingerprint density at radius 1 is 1.41 bits per heavy atom. The number of halogens is 1. The van der Waals surface area contributed by atoms with Crippen molar-refractivity contribution in [2.45, 2.75) is 24.8 Å². The Morgan fingerprint density at radius 2 is 2.06 bits per heavy atom. The number of hydrogen-bond donors (Lipinski definition) is 1. The topological polar surface area (TPSA) is 72.5 Å². The van der Waals surface area contributed by atoms with E-state index in [9.17, 15) is 13.2 Å². The van der Waals surface area contributed by atoms with Crippen molar-refractivity contribution in [3.63, 3.8) is 0 Å². The van der Waals surface area contributed by atoms with Crippen LogP contribution in [0.3, 0.4) is 0 Å². The van der Waals surface area contributed by atoms with Crippen LogP contribution in [-0.2, 0) is 13.8 Å². The number of nitrogens with one attached hydrogen (secondary N) is 1.